The monoisotopic (exact) mass is 278 g/mol. The average Bonchev–Trinajstić information content (AvgIpc) is 2.39. The van der Waals surface area contributed by atoms with Crippen molar-refractivity contribution in [3.8, 4) is 0 Å². The van der Waals surface area contributed by atoms with Gasteiger partial charge in [-0.2, -0.15) is 0 Å². The Morgan fingerprint density at radius 1 is 1.30 bits per heavy atom. The molecule has 0 radical (unpaired) electrons. The highest BCUT2D eigenvalue weighted by atomic mass is 16.5. The van der Waals surface area contributed by atoms with Crippen LogP contribution in [-0.2, 0) is 10.3 Å². The Kier molecular flexibility index (Phi) is 3.69. The summed E-state index contributed by atoms with van der Waals surface area (Å²) in [6.45, 7) is 4.50. The number of anilines is 1. The van der Waals surface area contributed by atoms with Crippen molar-refractivity contribution in [2.45, 2.75) is 45.1 Å². The first kappa shape index (κ1) is 14.7. The molecule has 0 saturated heterocycles. The SMILES string of the molecule is COC1(c2ncc(C(N)=O)c(N)n2)CCC(C)(C)CC1. The van der Waals surface area contributed by atoms with Crippen LogP contribution in [0.4, 0.5) is 5.82 Å². The van der Waals surface area contributed by atoms with Crippen LogP contribution in [-0.4, -0.2) is 23.0 Å². The molecule has 0 unspecified atom stereocenters. The topological polar surface area (TPSA) is 104 Å². The molecule has 0 aromatic carbocycles. The number of hydrogen-bond donors (Lipinski definition) is 2. The molecular weight excluding hydrogens is 256 g/mol. The van der Waals surface area contributed by atoms with E-state index in [-0.39, 0.29) is 11.4 Å². The maximum atomic E-state index is 11.2. The van der Waals surface area contributed by atoms with Crippen molar-refractivity contribution in [1.29, 1.82) is 0 Å². The van der Waals surface area contributed by atoms with E-state index < -0.39 is 11.5 Å². The molecule has 1 aliphatic carbocycles. The summed E-state index contributed by atoms with van der Waals surface area (Å²) < 4.78 is 5.72. The molecule has 1 fully saturated rings. The molecule has 4 N–H and O–H groups in total. The zero-order chi connectivity index (χ0) is 15.0. The predicted octanol–water partition coefficient (Wildman–Crippen LogP) is 1.60. The van der Waals surface area contributed by atoms with Gasteiger partial charge in [0.05, 0.1) is 5.56 Å². The normalized spacial score (nSPS) is 20.6. The van der Waals surface area contributed by atoms with Crippen molar-refractivity contribution < 1.29 is 9.53 Å². The van der Waals surface area contributed by atoms with Crippen LogP contribution in [0.2, 0.25) is 0 Å². The minimum atomic E-state index is -0.620. The molecule has 1 aromatic rings. The lowest BCUT2D eigenvalue weighted by molar-refractivity contribution is -0.0728. The standard InChI is InChI=1S/C14H22N4O2/c1-13(2)4-6-14(20-3,7-5-13)12-17-8-9(11(16)19)10(15)18-12/h8H,4-7H2,1-3H3,(H2,16,19)(H2,15,17,18). The number of nitrogens with zero attached hydrogens (tertiary/aromatic N) is 2. The molecule has 110 valence electrons. The Hall–Kier alpha value is -1.69. The van der Waals surface area contributed by atoms with E-state index in [9.17, 15) is 4.79 Å². The number of hydrogen-bond acceptors (Lipinski definition) is 5. The van der Waals surface area contributed by atoms with Gasteiger partial charge >= 0.3 is 0 Å². The second-order valence-electron chi connectivity index (χ2n) is 6.22. The molecule has 1 aliphatic rings. The minimum absolute atomic E-state index is 0.115. The summed E-state index contributed by atoms with van der Waals surface area (Å²) in [5, 5.41) is 0. The molecule has 1 aromatic heterocycles. The van der Waals surface area contributed by atoms with Crippen molar-refractivity contribution in [2.75, 3.05) is 12.8 Å². The first-order valence-electron chi connectivity index (χ1n) is 6.78. The average molecular weight is 278 g/mol. The van der Waals surface area contributed by atoms with Crippen LogP contribution in [0.3, 0.4) is 0 Å². The molecule has 0 bridgehead atoms. The van der Waals surface area contributed by atoms with Gasteiger partial charge in [-0.05, 0) is 31.1 Å². The first-order chi connectivity index (χ1) is 9.30. The van der Waals surface area contributed by atoms with Crippen LogP contribution in [0.15, 0.2) is 6.20 Å². The van der Waals surface area contributed by atoms with Crippen molar-refractivity contribution in [3.05, 3.63) is 17.6 Å². The molecule has 6 nitrogen and oxygen atoms in total. The molecule has 6 heteroatoms. The number of nitrogens with two attached hydrogens (primary N) is 2. The van der Waals surface area contributed by atoms with E-state index in [1.54, 1.807) is 7.11 Å². The molecule has 0 spiro atoms. The van der Waals surface area contributed by atoms with Gasteiger partial charge in [0.15, 0.2) is 5.82 Å². The Bertz CT molecular complexity index is 518. The lowest BCUT2D eigenvalue weighted by atomic mass is 9.70. The predicted molar refractivity (Wildman–Crippen MR) is 75.9 cm³/mol. The number of carbonyl (C=O) groups excluding carboxylic acids is 1. The van der Waals surface area contributed by atoms with Crippen LogP contribution < -0.4 is 11.5 Å². The van der Waals surface area contributed by atoms with Crippen LogP contribution in [0.25, 0.3) is 0 Å². The fourth-order valence-electron chi connectivity index (χ4n) is 2.65. The summed E-state index contributed by atoms with van der Waals surface area (Å²) in [6, 6.07) is 0. The molecule has 1 amide bonds. The Labute approximate surface area is 118 Å². The van der Waals surface area contributed by atoms with Gasteiger partial charge in [0.25, 0.3) is 5.91 Å². The van der Waals surface area contributed by atoms with E-state index in [2.05, 4.69) is 23.8 Å². The number of aromatic nitrogens is 2. The van der Waals surface area contributed by atoms with Gasteiger partial charge in [-0.3, -0.25) is 4.79 Å². The Balaban J connectivity index is 2.33. The van der Waals surface area contributed by atoms with E-state index in [0.717, 1.165) is 25.7 Å². The third-order valence-corrected chi connectivity index (χ3v) is 4.29. The molecule has 20 heavy (non-hydrogen) atoms. The first-order valence-corrected chi connectivity index (χ1v) is 6.78. The van der Waals surface area contributed by atoms with Crippen molar-refractivity contribution in [3.63, 3.8) is 0 Å². The summed E-state index contributed by atoms with van der Waals surface area (Å²) in [4.78, 5) is 19.7. The molecule has 0 atom stereocenters. The van der Waals surface area contributed by atoms with E-state index in [0.29, 0.717) is 11.2 Å². The molecule has 1 heterocycles. The van der Waals surface area contributed by atoms with Crippen molar-refractivity contribution >= 4 is 11.7 Å². The molecular formula is C14H22N4O2. The van der Waals surface area contributed by atoms with E-state index >= 15 is 0 Å². The quantitative estimate of drug-likeness (QED) is 0.873. The van der Waals surface area contributed by atoms with Crippen LogP contribution >= 0.6 is 0 Å². The molecule has 1 saturated carbocycles. The lowest BCUT2D eigenvalue weighted by Gasteiger charge is -2.41. The van der Waals surface area contributed by atoms with Gasteiger partial charge in [-0.1, -0.05) is 13.8 Å². The van der Waals surface area contributed by atoms with Crippen LogP contribution in [0, 0.1) is 5.41 Å². The minimum Gasteiger partial charge on any atom is -0.383 e. The van der Waals surface area contributed by atoms with Crippen LogP contribution in [0.5, 0.6) is 0 Å². The summed E-state index contributed by atoms with van der Waals surface area (Å²) in [7, 11) is 1.67. The van der Waals surface area contributed by atoms with Gasteiger partial charge in [0, 0.05) is 13.3 Å². The zero-order valence-electron chi connectivity index (χ0n) is 12.3. The summed E-state index contributed by atoms with van der Waals surface area (Å²) in [5.74, 6) is 0.0343. The maximum Gasteiger partial charge on any atom is 0.254 e. The van der Waals surface area contributed by atoms with Crippen molar-refractivity contribution in [2.24, 2.45) is 11.1 Å². The smallest absolute Gasteiger partial charge is 0.254 e. The molecule has 2 rings (SSSR count). The third-order valence-electron chi connectivity index (χ3n) is 4.29. The number of carbonyl (C=O) groups is 1. The highest BCUT2D eigenvalue weighted by Crippen LogP contribution is 2.46. The fraction of sp³-hybridized carbons (Fsp3) is 0.643. The fourth-order valence-corrected chi connectivity index (χ4v) is 2.65. The Morgan fingerprint density at radius 2 is 1.90 bits per heavy atom. The summed E-state index contributed by atoms with van der Waals surface area (Å²) in [6.07, 6.45) is 5.13. The third kappa shape index (κ3) is 2.60. The number of ether oxygens (including phenoxy) is 1. The van der Waals surface area contributed by atoms with Crippen molar-refractivity contribution in [1.82, 2.24) is 9.97 Å². The number of primary amides is 1. The zero-order valence-corrected chi connectivity index (χ0v) is 12.3. The van der Waals surface area contributed by atoms with E-state index in [1.165, 1.54) is 6.20 Å². The maximum absolute atomic E-state index is 11.2. The molecule has 0 aliphatic heterocycles. The van der Waals surface area contributed by atoms with Crippen LogP contribution in [0.1, 0.15) is 55.7 Å². The highest BCUT2D eigenvalue weighted by molar-refractivity contribution is 5.96. The van der Waals surface area contributed by atoms with Gasteiger partial charge in [0.2, 0.25) is 0 Å². The number of amides is 1. The number of nitrogen functional groups attached to an aromatic ring is 1. The van der Waals surface area contributed by atoms with E-state index in [4.69, 9.17) is 16.2 Å². The number of rotatable bonds is 3. The van der Waals surface area contributed by atoms with Gasteiger partial charge in [-0.25, -0.2) is 9.97 Å². The largest absolute Gasteiger partial charge is 0.383 e. The van der Waals surface area contributed by atoms with Gasteiger partial charge < -0.3 is 16.2 Å². The summed E-state index contributed by atoms with van der Waals surface area (Å²) >= 11 is 0. The lowest BCUT2D eigenvalue weighted by Crippen LogP contribution is -2.38. The Morgan fingerprint density at radius 3 is 2.35 bits per heavy atom. The second-order valence-corrected chi connectivity index (χ2v) is 6.22. The number of methoxy groups -OCH3 is 1. The van der Waals surface area contributed by atoms with Gasteiger partial charge in [0.1, 0.15) is 11.4 Å². The van der Waals surface area contributed by atoms with Gasteiger partial charge in [-0.15, -0.1) is 0 Å². The highest BCUT2D eigenvalue weighted by Gasteiger charge is 2.42. The van der Waals surface area contributed by atoms with E-state index in [1.807, 2.05) is 0 Å². The summed E-state index contributed by atoms with van der Waals surface area (Å²) in [5.41, 5.74) is 10.9. The second kappa shape index (κ2) is 5.01.